The number of thioether (sulfide) groups is 1. The molecule has 0 saturated carbocycles. The Morgan fingerprint density at radius 1 is 1.03 bits per heavy atom. The van der Waals surface area contributed by atoms with E-state index in [4.69, 9.17) is 0 Å². The number of rotatable bonds is 8. The van der Waals surface area contributed by atoms with Crippen molar-refractivity contribution >= 4 is 17.7 Å². The third kappa shape index (κ3) is 4.94. The third-order valence-electron chi connectivity index (χ3n) is 5.48. The molecular formula is C25H27N5OS. The van der Waals surface area contributed by atoms with Crippen LogP contribution < -0.4 is 5.32 Å². The van der Waals surface area contributed by atoms with Crippen LogP contribution in [0.25, 0.3) is 5.69 Å². The molecule has 0 unspecified atom stereocenters. The predicted molar refractivity (Wildman–Crippen MR) is 128 cm³/mol. The summed E-state index contributed by atoms with van der Waals surface area (Å²) in [5, 5.41) is 8.51. The summed E-state index contributed by atoms with van der Waals surface area (Å²) in [6.07, 6.45) is 3.69. The van der Waals surface area contributed by atoms with E-state index in [1.807, 2.05) is 52.7 Å². The zero-order valence-corrected chi connectivity index (χ0v) is 19.4. The number of hydrogen-bond acceptors (Lipinski definition) is 4. The average molecular weight is 446 g/mol. The first-order valence-electron chi connectivity index (χ1n) is 10.6. The smallest absolute Gasteiger partial charge is 0.230 e. The minimum atomic E-state index is -0.0241. The molecule has 0 bridgehead atoms. The number of imidazole rings is 1. The fourth-order valence-electron chi connectivity index (χ4n) is 3.68. The van der Waals surface area contributed by atoms with Crippen molar-refractivity contribution in [2.75, 3.05) is 5.75 Å². The average Bonchev–Trinajstić information content (AvgIpc) is 3.36. The van der Waals surface area contributed by atoms with Gasteiger partial charge in [-0.05, 0) is 38.0 Å². The summed E-state index contributed by atoms with van der Waals surface area (Å²) in [7, 11) is 0. The fourth-order valence-corrected chi connectivity index (χ4v) is 4.48. The maximum absolute atomic E-state index is 12.6. The van der Waals surface area contributed by atoms with Gasteiger partial charge in [-0.25, -0.2) is 4.98 Å². The van der Waals surface area contributed by atoms with Crippen LogP contribution in [0, 0.1) is 20.8 Å². The lowest BCUT2D eigenvalue weighted by molar-refractivity contribution is -0.118. The molecule has 4 aromatic rings. The quantitative estimate of drug-likeness (QED) is 0.407. The number of nitrogens with one attached hydrogen (secondary N) is 1. The molecule has 0 aliphatic heterocycles. The predicted octanol–water partition coefficient (Wildman–Crippen LogP) is 4.45. The largest absolute Gasteiger partial charge is 0.351 e. The monoisotopic (exact) mass is 445 g/mol. The van der Waals surface area contributed by atoms with Crippen molar-refractivity contribution in [1.82, 2.24) is 24.6 Å². The minimum absolute atomic E-state index is 0.0241. The van der Waals surface area contributed by atoms with E-state index < -0.39 is 0 Å². The third-order valence-corrected chi connectivity index (χ3v) is 6.45. The number of carbonyl (C=O) groups excluding carboxylic acids is 1. The highest BCUT2D eigenvalue weighted by Gasteiger charge is 2.14. The van der Waals surface area contributed by atoms with Gasteiger partial charge in [-0.1, -0.05) is 60.3 Å². The standard InChI is InChI=1S/C25H27N5OS/c1-18-9-7-8-12-23(18)29-14-13-26-25(29)32-17-24(31)27-15-22-19(2)28-30(20(22)3)16-21-10-5-4-6-11-21/h4-14H,15-17H2,1-3H3,(H,27,31). The van der Waals surface area contributed by atoms with E-state index in [9.17, 15) is 4.79 Å². The summed E-state index contributed by atoms with van der Waals surface area (Å²) in [5.74, 6) is 0.281. The van der Waals surface area contributed by atoms with Crippen LogP contribution in [-0.4, -0.2) is 31.0 Å². The lowest BCUT2D eigenvalue weighted by Crippen LogP contribution is -2.25. The second kappa shape index (κ2) is 9.87. The van der Waals surface area contributed by atoms with Crippen LogP contribution in [0.15, 0.2) is 72.1 Å². The molecule has 0 atom stereocenters. The van der Waals surface area contributed by atoms with Crippen molar-refractivity contribution in [2.24, 2.45) is 0 Å². The van der Waals surface area contributed by atoms with Gasteiger partial charge in [-0.15, -0.1) is 0 Å². The van der Waals surface area contributed by atoms with E-state index in [2.05, 4.69) is 53.5 Å². The maximum Gasteiger partial charge on any atom is 0.230 e. The molecule has 32 heavy (non-hydrogen) atoms. The molecule has 6 nitrogen and oxygen atoms in total. The lowest BCUT2D eigenvalue weighted by atomic mass is 10.2. The van der Waals surface area contributed by atoms with Gasteiger partial charge in [0.1, 0.15) is 0 Å². The highest BCUT2D eigenvalue weighted by Crippen LogP contribution is 2.22. The van der Waals surface area contributed by atoms with E-state index in [-0.39, 0.29) is 5.91 Å². The van der Waals surface area contributed by atoms with Crippen LogP contribution in [0.3, 0.4) is 0 Å². The number of aromatic nitrogens is 4. The lowest BCUT2D eigenvalue weighted by Gasteiger charge is -2.10. The van der Waals surface area contributed by atoms with Crippen molar-refractivity contribution in [3.05, 3.63) is 95.1 Å². The van der Waals surface area contributed by atoms with Gasteiger partial charge in [0.2, 0.25) is 5.91 Å². The highest BCUT2D eigenvalue weighted by atomic mass is 32.2. The molecule has 0 radical (unpaired) electrons. The highest BCUT2D eigenvalue weighted by molar-refractivity contribution is 7.99. The molecule has 7 heteroatoms. The zero-order chi connectivity index (χ0) is 22.5. The Labute approximate surface area is 192 Å². The molecule has 1 amide bonds. The summed E-state index contributed by atoms with van der Waals surface area (Å²) >= 11 is 1.43. The molecule has 4 rings (SSSR count). The van der Waals surface area contributed by atoms with Crippen LogP contribution >= 0.6 is 11.8 Å². The summed E-state index contributed by atoms with van der Waals surface area (Å²) in [5.41, 5.74) is 6.53. The van der Waals surface area contributed by atoms with E-state index in [0.29, 0.717) is 12.3 Å². The van der Waals surface area contributed by atoms with Gasteiger partial charge >= 0.3 is 0 Å². The molecule has 0 aliphatic carbocycles. The number of nitrogens with zero attached hydrogens (tertiary/aromatic N) is 4. The first-order chi connectivity index (χ1) is 15.5. The first kappa shape index (κ1) is 21.9. The molecule has 0 saturated heterocycles. The van der Waals surface area contributed by atoms with Gasteiger partial charge in [0.05, 0.1) is 23.7 Å². The number of benzene rings is 2. The number of carbonyl (C=O) groups is 1. The Bertz CT molecular complexity index is 1210. The molecule has 0 spiro atoms. The Hall–Kier alpha value is -3.32. The van der Waals surface area contributed by atoms with Gasteiger partial charge in [0, 0.05) is 30.2 Å². The van der Waals surface area contributed by atoms with E-state index in [1.165, 1.54) is 17.3 Å². The summed E-state index contributed by atoms with van der Waals surface area (Å²) in [6.45, 7) is 7.30. The number of amides is 1. The molecule has 2 aromatic heterocycles. The van der Waals surface area contributed by atoms with Crippen LogP contribution in [0.1, 0.15) is 28.1 Å². The van der Waals surface area contributed by atoms with Crippen molar-refractivity contribution in [2.45, 2.75) is 39.0 Å². The maximum atomic E-state index is 12.6. The van der Waals surface area contributed by atoms with E-state index in [0.717, 1.165) is 39.9 Å². The minimum Gasteiger partial charge on any atom is -0.351 e. The zero-order valence-electron chi connectivity index (χ0n) is 18.6. The first-order valence-corrected chi connectivity index (χ1v) is 11.6. The topological polar surface area (TPSA) is 64.7 Å². The Kier molecular flexibility index (Phi) is 6.75. The molecule has 1 N–H and O–H groups in total. The Morgan fingerprint density at radius 3 is 2.56 bits per heavy atom. The second-order valence-electron chi connectivity index (χ2n) is 7.72. The van der Waals surface area contributed by atoms with Crippen molar-refractivity contribution < 1.29 is 4.79 Å². The molecule has 0 aliphatic rings. The van der Waals surface area contributed by atoms with Gasteiger partial charge in [0.15, 0.2) is 5.16 Å². The SMILES string of the molecule is Cc1ccccc1-n1ccnc1SCC(=O)NCc1c(C)nn(Cc2ccccc2)c1C. The molecule has 164 valence electrons. The van der Waals surface area contributed by atoms with Gasteiger partial charge in [-0.3, -0.25) is 14.0 Å². The summed E-state index contributed by atoms with van der Waals surface area (Å²) in [4.78, 5) is 17.0. The van der Waals surface area contributed by atoms with Crippen LogP contribution in [0.2, 0.25) is 0 Å². The van der Waals surface area contributed by atoms with Gasteiger partial charge in [0.25, 0.3) is 0 Å². The fraction of sp³-hybridized carbons (Fsp3) is 0.240. The molecular weight excluding hydrogens is 418 g/mol. The van der Waals surface area contributed by atoms with Crippen LogP contribution in [-0.2, 0) is 17.9 Å². The van der Waals surface area contributed by atoms with Crippen molar-refractivity contribution in [3.8, 4) is 5.69 Å². The molecule has 2 aromatic carbocycles. The summed E-state index contributed by atoms with van der Waals surface area (Å²) < 4.78 is 4.02. The second-order valence-corrected chi connectivity index (χ2v) is 8.67. The normalized spacial score (nSPS) is 11.0. The Balaban J connectivity index is 1.36. The van der Waals surface area contributed by atoms with E-state index >= 15 is 0 Å². The number of hydrogen-bond donors (Lipinski definition) is 1. The molecule has 0 fully saturated rings. The van der Waals surface area contributed by atoms with E-state index in [1.54, 1.807) is 6.20 Å². The van der Waals surface area contributed by atoms with Crippen molar-refractivity contribution in [3.63, 3.8) is 0 Å². The van der Waals surface area contributed by atoms with Crippen LogP contribution in [0.4, 0.5) is 0 Å². The molecule has 2 heterocycles. The Morgan fingerprint density at radius 2 is 1.78 bits per heavy atom. The van der Waals surface area contributed by atoms with Gasteiger partial charge in [-0.2, -0.15) is 5.10 Å². The number of para-hydroxylation sites is 1. The van der Waals surface area contributed by atoms with Crippen LogP contribution in [0.5, 0.6) is 0 Å². The van der Waals surface area contributed by atoms with Gasteiger partial charge < -0.3 is 5.32 Å². The number of aryl methyl sites for hydroxylation is 2. The summed E-state index contributed by atoms with van der Waals surface area (Å²) in [6, 6.07) is 18.4. The van der Waals surface area contributed by atoms with Crippen molar-refractivity contribution in [1.29, 1.82) is 0 Å².